The largest absolute Gasteiger partial charge is 0.341 e. The molecule has 0 saturated heterocycles. The van der Waals surface area contributed by atoms with Crippen molar-refractivity contribution in [3.63, 3.8) is 0 Å². The Morgan fingerprint density at radius 2 is 2.10 bits per heavy atom. The van der Waals surface area contributed by atoms with Gasteiger partial charge in [0.15, 0.2) is 5.65 Å². The maximum Gasteiger partial charge on any atom is 0.181 e. The summed E-state index contributed by atoms with van der Waals surface area (Å²) in [6.45, 7) is 6.75. The minimum absolute atomic E-state index is 0.0207. The van der Waals surface area contributed by atoms with Crippen LogP contribution in [-0.4, -0.2) is 31.0 Å². The molecule has 1 N–H and O–H groups in total. The highest BCUT2D eigenvalue weighted by Crippen LogP contribution is 2.67. The van der Waals surface area contributed by atoms with Crippen molar-refractivity contribution in [1.29, 1.82) is 0 Å². The number of aromatic amines is 1. The smallest absolute Gasteiger partial charge is 0.181 e. The van der Waals surface area contributed by atoms with Gasteiger partial charge >= 0.3 is 0 Å². The number of thioether (sulfide) groups is 1. The molecule has 0 amide bonds. The lowest BCUT2D eigenvalue weighted by molar-refractivity contribution is -0.122. The van der Waals surface area contributed by atoms with E-state index in [0.717, 1.165) is 23.4 Å². The fourth-order valence-electron chi connectivity index (χ4n) is 4.12. The van der Waals surface area contributed by atoms with Gasteiger partial charge < -0.3 is 4.98 Å². The molecule has 0 radical (unpaired) electrons. The lowest BCUT2D eigenvalue weighted by Gasteiger charge is -2.37. The van der Waals surface area contributed by atoms with Gasteiger partial charge in [-0.15, -0.1) is 0 Å². The van der Waals surface area contributed by atoms with Crippen LogP contribution in [0.25, 0.3) is 11.2 Å². The van der Waals surface area contributed by atoms with Gasteiger partial charge in [-0.2, -0.15) is 0 Å². The number of aromatic nitrogens is 4. The number of nitrogens with one attached hydrogen (secondary N) is 1. The third kappa shape index (κ3) is 1.54. The van der Waals surface area contributed by atoms with Crippen LogP contribution in [0.2, 0.25) is 0 Å². The third-order valence-electron chi connectivity index (χ3n) is 5.89. The molecular formula is C15H18N4OS. The molecule has 2 aromatic heterocycles. The Balaban J connectivity index is 1.75. The van der Waals surface area contributed by atoms with Gasteiger partial charge in [0.1, 0.15) is 22.7 Å². The molecule has 0 spiro atoms. The standard InChI is InChI=1S/C15H18N4OS/c1-14(2)8-4-5-15(14,3)11(10(8)20)21-13-9-12(17-6-16-9)18-7-19-13/h6-8,11H,4-5H2,1-3H3,(H,16,17,18,19)/t8-,11-,15+/m1/s1. The normalized spacial score (nSPS) is 34.0. The van der Waals surface area contributed by atoms with Crippen molar-refractivity contribution in [2.45, 2.75) is 43.9 Å². The van der Waals surface area contributed by atoms with E-state index in [4.69, 9.17) is 0 Å². The fourth-order valence-corrected chi connectivity index (χ4v) is 5.68. The zero-order valence-electron chi connectivity index (χ0n) is 12.4. The lowest BCUT2D eigenvalue weighted by Crippen LogP contribution is -2.35. The molecule has 110 valence electrons. The molecule has 2 aromatic rings. The third-order valence-corrected chi connectivity index (χ3v) is 7.41. The van der Waals surface area contributed by atoms with E-state index in [-0.39, 0.29) is 22.0 Å². The monoisotopic (exact) mass is 302 g/mol. The first kappa shape index (κ1) is 13.2. The fraction of sp³-hybridized carbons (Fsp3) is 0.600. The van der Waals surface area contributed by atoms with Gasteiger partial charge in [-0.1, -0.05) is 32.5 Å². The summed E-state index contributed by atoms with van der Waals surface area (Å²) in [6, 6.07) is 0. The molecule has 0 aromatic carbocycles. The van der Waals surface area contributed by atoms with Crippen LogP contribution in [0.1, 0.15) is 33.6 Å². The molecular weight excluding hydrogens is 284 g/mol. The number of H-pyrrole nitrogens is 1. The number of fused-ring (bicyclic) bond motifs is 3. The predicted octanol–water partition coefficient (Wildman–Crippen LogP) is 2.84. The van der Waals surface area contributed by atoms with Crippen LogP contribution >= 0.6 is 11.8 Å². The number of ketones is 1. The van der Waals surface area contributed by atoms with Crippen LogP contribution in [0.4, 0.5) is 0 Å². The molecule has 5 nitrogen and oxygen atoms in total. The number of carbonyl (C=O) groups excluding carboxylic acids is 1. The van der Waals surface area contributed by atoms with Crippen molar-refractivity contribution in [1.82, 2.24) is 19.9 Å². The Labute approximate surface area is 127 Å². The van der Waals surface area contributed by atoms with Crippen molar-refractivity contribution in [2.75, 3.05) is 0 Å². The van der Waals surface area contributed by atoms with Gasteiger partial charge in [-0.05, 0) is 23.7 Å². The summed E-state index contributed by atoms with van der Waals surface area (Å²) in [5, 5.41) is 0.813. The van der Waals surface area contributed by atoms with Crippen LogP contribution < -0.4 is 0 Å². The van der Waals surface area contributed by atoms with E-state index < -0.39 is 0 Å². The van der Waals surface area contributed by atoms with Gasteiger partial charge in [0.2, 0.25) is 0 Å². The number of carbonyl (C=O) groups is 1. The van der Waals surface area contributed by atoms with E-state index in [9.17, 15) is 4.79 Å². The van der Waals surface area contributed by atoms with Crippen molar-refractivity contribution in [2.24, 2.45) is 16.7 Å². The summed E-state index contributed by atoms with van der Waals surface area (Å²) in [7, 11) is 0. The molecule has 2 bridgehead atoms. The van der Waals surface area contributed by atoms with Gasteiger partial charge in [0, 0.05) is 5.92 Å². The van der Waals surface area contributed by atoms with Crippen molar-refractivity contribution < 1.29 is 4.79 Å². The van der Waals surface area contributed by atoms with Crippen molar-refractivity contribution in [3.8, 4) is 0 Å². The molecule has 6 heteroatoms. The Morgan fingerprint density at radius 1 is 1.29 bits per heavy atom. The van der Waals surface area contributed by atoms with E-state index in [1.54, 1.807) is 18.1 Å². The van der Waals surface area contributed by atoms with Crippen molar-refractivity contribution >= 4 is 28.7 Å². The molecule has 2 heterocycles. The maximum absolute atomic E-state index is 12.8. The first-order valence-corrected chi connectivity index (χ1v) is 8.17. The average Bonchev–Trinajstić information content (AvgIpc) is 3.03. The summed E-state index contributed by atoms with van der Waals surface area (Å²) in [5.74, 6) is 0.587. The maximum atomic E-state index is 12.8. The molecule has 2 saturated carbocycles. The Hall–Kier alpha value is -1.43. The molecule has 3 atom stereocenters. The first-order chi connectivity index (χ1) is 9.95. The molecule has 2 fully saturated rings. The highest BCUT2D eigenvalue weighted by Gasteiger charge is 2.66. The molecule has 4 rings (SSSR count). The second-order valence-electron chi connectivity index (χ2n) is 6.91. The number of imidazole rings is 1. The summed E-state index contributed by atoms with van der Waals surface area (Å²) in [6.07, 6.45) is 5.29. The minimum atomic E-state index is -0.0207. The van der Waals surface area contributed by atoms with E-state index in [0.29, 0.717) is 11.4 Å². The van der Waals surface area contributed by atoms with E-state index in [1.807, 2.05) is 0 Å². The molecule has 0 unspecified atom stereocenters. The van der Waals surface area contributed by atoms with Gasteiger partial charge in [-0.25, -0.2) is 15.0 Å². The van der Waals surface area contributed by atoms with E-state index >= 15 is 0 Å². The highest BCUT2D eigenvalue weighted by atomic mass is 32.2. The van der Waals surface area contributed by atoms with Crippen LogP contribution in [0.5, 0.6) is 0 Å². The van der Waals surface area contributed by atoms with Gasteiger partial charge in [0.25, 0.3) is 0 Å². The quantitative estimate of drug-likeness (QED) is 0.864. The van der Waals surface area contributed by atoms with Crippen LogP contribution in [0.3, 0.4) is 0 Å². The topological polar surface area (TPSA) is 71.5 Å². The second kappa shape index (κ2) is 4.06. The lowest BCUT2D eigenvalue weighted by atomic mass is 9.71. The second-order valence-corrected chi connectivity index (χ2v) is 8.00. The summed E-state index contributed by atoms with van der Waals surface area (Å²) in [5.41, 5.74) is 1.60. The van der Waals surface area contributed by atoms with Crippen molar-refractivity contribution in [3.05, 3.63) is 12.7 Å². The predicted molar refractivity (Wildman–Crippen MR) is 80.9 cm³/mol. The number of nitrogens with zero attached hydrogens (tertiary/aromatic N) is 3. The van der Waals surface area contributed by atoms with E-state index in [1.165, 1.54) is 6.33 Å². The Morgan fingerprint density at radius 3 is 2.81 bits per heavy atom. The number of Topliss-reactive ketones (excluding diaryl/α,β-unsaturated/α-hetero) is 1. The SMILES string of the molecule is CC1(C)[C@@H]2CC[C@@]1(C)[C@H](Sc1ncnc3nc[nH]c13)C2=O. The molecule has 2 aliphatic rings. The summed E-state index contributed by atoms with van der Waals surface area (Å²) >= 11 is 1.59. The van der Waals surface area contributed by atoms with Crippen LogP contribution in [-0.2, 0) is 4.79 Å². The zero-order chi connectivity index (χ0) is 14.8. The minimum Gasteiger partial charge on any atom is -0.341 e. The Bertz CT molecular complexity index is 740. The number of hydrogen-bond donors (Lipinski definition) is 1. The van der Waals surface area contributed by atoms with Crippen LogP contribution in [0.15, 0.2) is 17.7 Å². The first-order valence-electron chi connectivity index (χ1n) is 7.29. The average molecular weight is 302 g/mol. The molecule has 0 aliphatic heterocycles. The zero-order valence-corrected chi connectivity index (χ0v) is 13.2. The van der Waals surface area contributed by atoms with Gasteiger partial charge in [0.05, 0.1) is 11.6 Å². The van der Waals surface area contributed by atoms with Gasteiger partial charge in [-0.3, -0.25) is 4.79 Å². The summed E-state index contributed by atoms with van der Waals surface area (Å²) in [4.78, 5) is 28.5. The Kier molecular flexibility index (Phi) is 2.56. The van der Waals surface area contributed by atoms with E-state index in [2.05, 4.69) is 40.7 Å². The highest BCUT2D eigenvalue weighted by molar-refractivity contribution is 8.00. The molecule has 21 heavy (non-hydrogen) atoms. The molecule has 2 aliphatic carbocycles. The number of rotatable bonds is 2. The summed E-state index contributed by atoms with van der Waals surface area (Å²) < 4.78 is 0. The van der Waals surface area contributed by atoms with Crippen LogP contribution in [0, 0.1) is 16.7 Å². The number of hydrogen-bond acceptors (Lipinski definition) is 5.